The molecule has 0 fully saturated rings. The van der Waals surface area contributed by atoms with Crippen LogP contribution in [0, 0.1) is 0 Å². The second-order valence-electron chi connectivity index (χ2n) is 9.39. The Morgan fingerprint density at radius 2 is 1.03 bits per heavy atom. The Balaban J connectivity index is 1.69. The highest BCUT2D eigenvalue weighted by Gasteiger charge is 2.20. The fourth-order valence-electron chi connectivity index (χ4n) is 4.07. The van der Waals surface area contributed by atoms with Gasteiger partial charge in [0.25, 0.3) is 0 Å². The number of benzene rings is 2. The molecule has 0 atom stereocenters. The van der Waals surface area contributed by atoms with Crippen LogP contribution in [0.5, 0.6) is 0 Å². The summed E-state index contributed by atoms with van der Waals surface area (Å²) in [7, 11) is 0. The monoisotopic (exact) mass is 410 g/mol. The van der Waals surface area contributed by atoms with Crippen molar-refractivity contribution in [2.24, 2.45) is 0 Å². The van der Waals surface area contributed by atoms with E-state index in [0.29, 0.717) is 18.6 Å². The highest BCUT2D eigenvalue weighted by Crippen LogP contribution is 2.26. The molecule has 0 aliphatic heterocycles. The van der Waals surface area contributed by atoms with Crippen LogP contribution < -0.4 is 0 Å². The first-order chi connectivity index (χ1) is 14.1. The van der Waals surface area contributed by atoms with Gasteiger partial charge in [-0.15, -0.1) is 0 Å². The molecule has 0 bridgehead atoms. The van der Waals surface area contributed by atoms with Crippen molar-refractivity contribution in [3.63, 3.8) is 0 Å². The maximum absolute atomic E-state index is 12.2. The van der Waals surface area contributed by atoms with E-state index in [0.717, 1.165) is 49.7 Å². The number of carbonyl (C=O) groups is 1. The quantitative estimate of drug-likeness (QED) is 0.432. The van der Waals surface area contributed by atoms with Gasteiger partial charge in [0, 0.05) is 12.8 Å². The molecule has 2 aromatic carbocycles. The van der Waals surface area contributed by atoms with Crippen molar-refractivity contribution in [3.05, 3.63) is 70.8 Å². The Bertz CT molecular complexity index is 742. The molecule has 2 aromatic rings. The molecular weight excluding hydrogens is 372 g/mol. The van der Waals surface area contributed by atoms with Crippen LogP contribution in [0.2, 0.25) is 0 Å². The number of rotatable bonds is 12. The first kappa shape index (κ1) is 24.3. The molecule has 3 nitrogen and oxygen atoms in total. The van der Waals surface area contributed by atoms with Crippen molar-refractivity contribution in [3.8, 4) is 0 Å². The normalized spacial score (nSPS) is 12.2. The summed E-state index contributed by atoms with van der Waals surface area (Å²) in [6.45, 7) is 7.26. The smallest absolute Gasteiger partial charge is 0.132 e. The Kier molecular flexibility index (Phi) is 8.81. The van der Waals surface area contributed by atoms with Gasteiger partial charge in [-0.1, -0.05) is 48.5 Å². The Morgan fingerprint density at radius 3 is 1.40 bits per heavy atom. The van der Waals surface area contributed by atoms with Crippen molar-refractivity contribution in [2.45, 2.75) is 90.3 Å². The minimum Gasteiger partial charge on any atom is -0.386 e. The van der Waals surface area contributed by atoms with Gasteiger partial charge in [-0.2, -0.15) is 0 Å². The van der Waals surface area contributed by atoms with Gasteiger partial charge in [-0.25, -0.2) is 0 Å². The van der Waals surface area contributed by atoms with Crippen molar-refractivity contribution >= 4 is 5.78 Å². The number of aryl methyl sites for hydroxylation is 2. The first-order valence-corrected chi connectivity index (χ1v) is 11.2. The summed E-state index contributed by atoms with van der Waals surface area (Å²) in [5.41, 5.74) is 2.61. The highest BCUT2D eigenvalue weighted by atomic mass is 16.3. The first-order valence-electron chi connectivity index (χ1n) is 11.2. The minimum absolute atomic E-state index is 0.335. The second-order valence-corrected chi connectivity index (χ2v) is 9.39. The zero-order chi connectivity index (χ0) is 22.2. The van der Waals surface area contributed by atoms with Crippen LogP contribution in [-0.4, -0.2) is 16.0 Å². The van der Waals surface area contributed by atoms with Gasteiger partial charge in [0.1, 0.15) is 5.78 Å². The van der Waals surface area contributed by atoms with E-state index in [-0.39, 0.29) is 0 Å². The van der Waals surface area contributed by atoms with E-state index in [1.54, 1.807) is 0 Å². The molecule has 0 heterocycles. The molecule has 0 unspecified atom stereocenters. The number of hydrogen-bond donors (Lipinski definition) is 2. The van der Waals surface area contributed by atoms with E-state index in [1.807, 2.05) is 64.1 Å². The summed E-state index contributed by atoms with van der Waals surface area (Å²) >= 11 is 0. The van der Waals surface area contributed by atoms with Gasteiger partial charge < -0.3 is 10.2 Å². The van der Waals surface area contributed by atoms with E-state index in [1.165, 1.54) is 11.1 Å². The molecule has 0 spiro atoms. The summed E-state index contributed by atoms with van der Waals surface area (Å²) in [6.07, 6.45) is 6.73. The van der Waals surface area contributed by atoms with Crippen molar-refractivity contribution in [2.75, 3.05) is 0 Å². The van der Waals surface area contributed by atoms with E-state index >= 15 is 0 Å². The number of hydrogen-bond acceptors (Lipinski definition) is 3. The number of aliphatic hydroxyl groups is 2. The predicted octanol–water partition coefficient (Wildman–Crippen LogP) is 5.84. The number of carbonyl (C=O) groups excluding carboxylic acids is 1. The van der Waals surface area contributed by atoms with Gasteiger partial charge in [0.05, 0.1) is 11.2 Å². The van der Waals surface area contributed by atoms with Gasteiger partial charge in [0.2, 0.25) is 0 Å². The molecule has 2 N–H and O–H groups in total. The maximum atomic E-state index is 12.2. The van der Waals surface area contributed by atoms with E-state index in [4.69, 9.17) is 0 Å². The van der Waals surface area contributed by atoms with Crippen molar-refractivity contribution < 1.29 is 15.0 Å². The molecule has 0 aliphatic rings. The lowest BCUT2D eigenvalue weighted by molar-refractivity contribution is -0.119. The fourth-order valence-corrected chi connectivity index (χ4v) is 4.07. The van der Waals surface area contributed by atoms with Crippen LogP contribution in [0.1, 0.15) is 88.5 Å². The minimum atomic E-state index is -0.837. The lowest BCUT2D eigenvalue weighted by Gasteiger charge is -2.21. The molecule has 0 amide bonds. The number of ketones is 1. The molecule has 0 aromatic heterocycles. The van der Waals surface area contributed by atoms with E-state index in [9.17, 15) is 15.0 Å². The largest absolute Gasteiger partial charge is 0.386 e. The lowest BCUT2D eigenvalue weighted by Crippen LogP contribution is -2.18. The lowest BCUT2D eigenvalue weighted by atomic mass is 9.90. The Morgan fingerprint density at radius 1 is 0.667 bits per heavy atom. The molecule has 30 heavy (non-hydrogen) atoms. The Labute approximate surface area is 182 Å². The average molecular weight is 411 g/mol. The van der Waals surface area contributed by atoms with Gasteiger partial charge in [-0.05, 0) is 88.5 Å². The van der Waals surface area contributed by atoms with E-state index in [2.05, 4.69) is 12.1 Å². The summed E-state index contributed by atoms with van der Waals surface area (Å²) in [5, 5.41) is 20.6. The molecule has 0 aliphatic carbocycles. The third-order valence-electron chi connectivity index (χ3n) is 5.66. The van der Waals surface area contributed by atoms with Crippen LogP contribution >= 0.6 is 0 Å². The van der Waals surface area contributed by atoms with Crippen LogP contribution in [0.25, 0.3) is 0 Å². The zero-order valence-electron chi connectivity index (χ0n) is 19.1. The van der Waals surface area contributed by atoms with Crippen LogP contribution in [0.15, 0.2) is 48.5 Å². The SMILES string of the molecule is CC(C)(O)c1ccccc1CCCCC(=O)CCCCc1ccccc1C(C)(C)O. The molecule has 164 valence electrons. The topological polar surface area (TPSA) is 57.5 Å². The molecule has 0 radical (unpaired) electrons. The molecule has 0 saturated carbocycles. The fraction of sp³-hybridized carbons (Fsp3) is 0.519. The predicted molar refractivity (Wildman–Crippen MR) is 123 cm³/mol. The second kappa shape index (κ2) is 10.9. The summed E-state index contributed by atoms with van der Waals surface area (Å²) < 4.78 is 0. The number of Topliss-reactive ketones (excluding diaryl/α,β-unsaturated/α-hetero) is 1. The number of unbranched alkanes of at least 4 members (excludes halogenated alkanes) is 2. The summed E-state index contributed by atoms with van der Waals surface area (Å²) in [5.74, 6) is 0.335. The van der Waals surface area contributed by atoms with Crippen LogP contribution in [0.3, 0.4) is 0 Å². The van der Waals surface area contributed by atoms with Crippen molar-refractivity contribution in [1.29, 1.82) is 0 Å². The van der Waals surface area contributed by atoms with Crippen molar-refractivity contribution in [1.82, 2.24) is 0 Å². The third kappa shape index (κ3) is 7.70. The Hall–Kier alpha value is -1.97. The zero-order valence-corrected chi connectivity index (χ0v) is 19.1. The molecule has 3 heteroatoms. The maximum Gasteiger partial charge on any atom is 0.132 e. The van der Waals surface area contributed by atoms with Crippen LogP contribution in [-0.2, 0) is 28.8 Å². The summed E-state index contributed by atoms with van der Waals surface area (Å²) in [6, 6.07) is 16.0. The molecular formula is C27H38O3. The standard InChI is InChI=1S/C27H38O3/c1-26(2,29)24-19-11-7-15-21(24)13-5-9-17-23(28)18-10-6-14-22-16-8-12-20-25(22)27(3,4)30/h7-8,11-12,15-16,19-20,29-30H,5-6,9-10,13-14,17-18H2,1-4H3. The van der Waals surface area contributed by atoms with Gasteiger partial charge in [-0.3, -0.25) is 4.79 Å². The van der Waals surface area contributed by atoms with Crippen LogP contribution in [0.4, 0.5) is 0 Å². The molecule has 0 saturated heterocycles. The van der Waals surface area contributed by atoms with Gasteiger partial charge in [0.15, 0.2) is 0 Å². The third-order valence-corrected chi connectivity index (χ3v) is 5.66. The average Bonchev–Trinajstić information content (AvgIpc) is 2.68. The van der Waals surface area contributed by atoms with Gasteiger partial charge >= 0.3 is 0 Å². The summed E-state index contributed by atoms with van der Waals surface area (Å²) in [4.78, 5) is 12.2. The van der Waals surface area contributed by atoms with E-state index < -0.39 is 11.2 Å². The highest BCUT2D eigenvalue weighted by molar-refractivity contribution is 5.78. The molecule has 2 rings (SSSR count).